The van der Waals surface area contributed by atoms with E-state index in [9.17, 15) is 0 Å². The van der Waals surface area contributed by atoms with Crippen molar-refractivity contribution >= 4 is 0 Å². The number of hydrogen-bond donors (Lipinski definition) is 0. The SMILES string of the molecule is C=C/C=C\C=C/Cc1ccc(C(CC)CC(C)C)cc1. The van der Waals surface area contributed by atoms with Crippen molar-refractivity contribution in [2.24, 2.45) is 5.92 Å². The van der Waals surface area contributed by atoms with E-state index in [1.165, 1.54) is 24.0 Å². The summed E-state index contributed by atoms with van der Waals surface area (Å²) in [6, 6.07) is 9.14. The van der Waals surface area contributed by atoms with Crippen molar-refractivity contribution in [2.45, 2.75) is 46.0 Å². The molecule has 0 amide bonds. The van der Waals surface area contributed by atoms with Crippen LogP contribution in [-0.4, -0.2) is 0 Å². The van der Waals surface area contributed by atoms with E-state index in [0.717, 1.165) is 12.3 Å². The molecule has 0 N–H and O–H groups in total. The molecule has 0 aliphatic heterocycles. The standard InChI is InChI=1S/C20H28/c1-5-7-8-9-10-11-18-12-14-20(15-13-18)19(6-2)16-17(3)4/h5,7-10,12-15,17,19H,1,6,11,16H2,2-4H3/b8-7-,10-9-. The van der Waals surface area contributed by atoms with Crippen molar-refractivity contribution in [3.8, 4) is 0 Å². The maximum atomic E-state index is 3.65. The fraction of sp³-hybridized carbons (Fsp3) is 0.400. The van der Waals surface area contributed by atoms with E-state index in [1.807, 2.05) is 12.2 Å². The van der Waals surface area contributed by atoms with Crippen LogP contribution >= 0.6 is 0 Å². The molecular weight excluding hydrogens is 240 g/mol. The van der Waals surface area contributed by atoms with E-state index in [4.69, 9.17) is 0 Å². The fourth-order valence-electron chi connectivity index (χ4n) is 2.46. The molecule has 0 aliphatic carbocycles. The summed E-state index contributed by atoms with van der Waals surface area (Å²) in [5.74, 6) is 1.47. The smallest absolute Gasteiger partial charge is 0.00943 e. The van der Waals surface area contributed by atoms with E-state index in [0.29, 0.717) is 5.92 Å². The van der Waals surface area contributed by atoms with E-state index in [2.05, 4.69) is 63.8 Å². The molecule has 0 aromatic heterocycles. The average Bonchev–Trinajstić information content (AvgIpc) is 2.45. The fourth-order valence-corrected chi connectivity index (χ4v) is 2.46. The normalized spacial score (nSPS) is 13.4. The molecular formula is C20H28. The Hall–Kier alpha value is -1.56. The first kappa shape index (κ1) is 16.5. The van der Waals surface area contributed by atoms with Crippen LogP contribution in [0.2, 0.25) is 0 Å². The lowest BCUT2D eigenvalue weighted by Gasteiger charge is -2.17. The highest BCUT2D eigenvalue weighted by Crippen LogP contribution is 2.27. The van der Waals surface area contributed by atoms with Crippen molar-refractivity contribution in [2.75, 3.05) is 0 Å². The minimum absolute atomic E-state index is 0.704. The molecule has 0 saturated carbocycles. The second-order valence-electron chi connectivity index (χ2n) is 5.73. The first-order valence-corrected chi connectivity index (χ1v) is 7.70. The molecule has 0 saturated heterocycles. The molecule has 1 aromatic carbocycles. The topological polar surface area (TPSA) is 0 Å². The molecule has 0 heteroatoms. The van der Waals surface area contributed by atoms with Crippen molar-refractivity contribution in [1.29, 1.82) is 0 Å². The Morgan fingerprint density at radius 2 is 1.75 bits per heavy atom. The van der Waals surface area contributed by atoms with Gasteiger partial charge in [-0.2, -0.15) is 0 Å². The van der Waals surface area contributed by atoms with Crippen molar-refractivity contribution in [3.05, 3.63) is 72.4 Å². The summed E-state index contributed by atoms with van der Waals surface area (Å²) >= 11 is 0. The molecule has 0 heterocycles. The molecule has 0 fully saturated rings. The van der Waals surface area contributed by atoms with Crippen LogP contribution in [0, 0.1) is 5.92 Å². The van der Waals surface area contributed by atoms with Crippen molar-refractivity contribution < 1.29 is 0 Å². The third kappa shape index (κ3) is 6.06. The van der Waals surface area contributed by atoms with Crippen LogP contribution in [-0.2, 0) is 6.42 Å². The molecule has 0 spiro atoms. The lowest BCUT2D eigenvalue weighted by molar-refractivity contribution is 0.489. The zero-order chi connectivity index (χ0) is 14.8. The number of rotatable bonds is 8. The van der Waals surface area contributed by atoms with Crippen molar-refractivity contribution in [1.82, 2.24) is 0 Å². The van der Waals surface area contributed by atoms with Gasteiger partial charge in [-0.3, -0.25) is 0 Å². The van der Waals surface area contributed by atoms with Gasteiger partial charge in [0.05, 0.1) is 0 Å². The monoisotopic (exact) mass is 268 g/mol. The second-order valence-corrected chi connectivity index (χ2v) is 5.73. The Bertz CT molecular complexity index is 432. The lowest BCUT2D eigenvalue weighted by atomic mass is 9.88. The molecule has 1 unspecified atom stereocenters. The molecule has 1 aromatic rings. The Labute approximate surface area is 124 Å². The van der Waals surface area contributed by atoms with Crippen LogP contribution in [0.1, 0.15) is 50.7 Å². The molecule has 1 rings (SSSR count). The van der Waals surface area contributed by atoms with E-state index < -0.39 is 0 Å². The largest absolute Gasteiger partial charge is 0.0991 e. The number of hydrogen-bond acceptors (Lipinski definition) is 0. The Morgan fingerprint density at radius 1 is 1.05 bits per heavy atom. The van der Waals surface area contributed by atoms with Crippen LogP contribution in [0.15, 0.2) is 61.2 Å². The highest BCUT2D eigenvalue weighted by atomic mass is 14.2. The summed E-state index contributed by atoms with van der Waals surface area (Å²) in [5.41, 5.74) is 2.86. The first-order valence-electron chi connectivity index (χ1n) is 7.70. The highest BCUT2D eigenvalue weighted by Gasteiger charge is 2.10. The van der Waals surface area contributed by atoms with Gasteiger partial charge in [0.2, 0.25) is 0 Å². The second kappa shape index (κ2) is 9.36. The van der Waals surface area contributed by atoms with Gasteiger partial charge < -0.3 is 0 Å². The summed E-state index contributed by atoms with van der Waals surface area (Å²) in [6.45, 7) is 10.5. The van der Waals surface area contributed by atoms with Crippen LogP contribution in [0.3, 0.4) is 0 Å². The Balaban J connectivity index is 2.61. The van der Waals surface area contributed by atoms with Gasteiger partial charge in [0, 0.05) is 0 Å². The van der Waals surface area contributed by atoms with Gasteiger partial charge >= 0.3 is 0 Å². The number of allylic oxidation sites excluding steroid dienone is 5. The van der Waals surface area contributed by atoms with Crippen molar-refractivity contribution in [3.63, 3.8) is 0 Å². The van der Waals surface area contributed by atoms with Gasteiger partial charge in [-0.1, -0.05) is 82.0 Å². The molecule has 0 radical (unpaired) electrons. The Kier molecular flexibility index (Phi) is 7.72. The number of benzene rings is 1. The van der Waals surface area contributed by atoms with E-state index >= 15 is 0 Å². The third-order valence-corrected chi connectivity index (χ3v) is 3.55. The minimum atomic E-state index is 0.704. The van der Waals surface area contributed by atoms with E-state index in [1.54, 1.807) is 6.08 Å². The molecule has 0 aliphatic rings. The van der Waals surface area contributed by atoms with Crippen LogP contribution < -0.4 is 0 Å². The molecule has 108 valence electrons. The third-order valence-electron chi connectivity index (χ3n) is 3.55. The average molecular weight is 268 g/mol. The summed E-state index contributed by atoms with van der Waals surface area (Å²) in [6.07, 6.45) is 13.5. The molecule has 1 atom stereocenters. The minimum Gasteiger partial charge on any atom is -0.0991 e. The summed E-state index contributed by atoms with van der Waals surface area (Å²) in [5, 5.41) is 0. The van der Waals surface area contributed by atoms with Gasteiger partial charge in [0.25, 0.3) is 0 Å². The maximum absolute atomic E-state index is 3.65. The summed E-state index contributed by atoms with van der Waals surface area (Å²) in [7, 11) is 0. The van der Waals surface area contributed by atoms with Crippen LogP contribution in [0.5, 0.6) is 0 Å². The zero-order valence-corrected chi connectivity index (χ0v) is 13.2. The van der Waals surface area contributed by atoms with Crippen LogP contribution in [0.4, 0.5) is 0 Å². The van der Waals surface area contributed by atoms with Gasteiger partial charge in [-0.15, -0.1) is 0 Å². The quantitative estimate of drug-likeness (QED) is 0.502. The van der Waals surface area contributed by atoms with Gasteiger partial charge in [0.15, 0.2) is 0 Å². The van der Waals surface area contributed by atoms with Gasteiger partial charge in [-0.05, 0) is 42.2 Å². The highest BCUT2D eigenvalue weighted by molar-refractivity contribution is 5.27. The van der Waals surface area contributed by atoms with Gasteiger partial charge in [0.1, 0.15) is 0 Å². The molecule has 0 bridgehead atoms. The predicted molar refractivity (Wildman–Crippen MR) is 91.1 cm³/mol. The first-order chi connectivity index (χ1) is 9.67. The Morgan fingerprint density at radius 3 is 2.30 bits per heavy atom. The van der Waals surface area contributed by atoms with E-state index in [-0.39, 0.29) is 0 Å². The summed E-state index contributed by atoms with van der Waals surface area (Å²) in [4.78, 5) is 0. The maximum Gasteiger partial charge on any atom is -0.00943 e. The van der Waals surface area contributed by atoms with Gasteiger partial charge in [-0.25, -0.2) is 0 Å². The predicted octanol–water partition coefficient (Wildman–Crippen LogP) is 6.07. The summed E-state index contributed by atoms with van der Waals surface area (Å²) < 4.78 is 0. The molecule has 0 nitrogen and oxygen atoms in total. The zero-order valence-electron chi connectivity index (χ0n) is 13.2. The lowest BCUT2D eigenvalue weighted by Crippen LogP contribution is -2.02. The molecule has 20 heavy (non-hydrogen) atoms. The van der Waals surface area contributed by atoms with Crippen LogP contribution in [0.25, 0.3) is 0 Å².